The Morgan fingerprint density at radius 1 is 1.15 bits per heavy atom. The first-order valence-electron chi connectivity index (χ1n) is 7.79. The van der Waals surface area contributed by atoms with E-state index in [-0.39, 0.29) is 5.69 Å². The summed E-state index contributed by atoms with van der Waals surface area (Å²) in [6, 6.07) is 15.1. The molecule has 0 saturated heterocycles. The third-order valence-corrected chi connectivity index (χ3v) is 4.11. The van der Waals surface area contributed by atoms with Crippen LogP contribution < -0.4 is 0 Å². The van der Waals surface area contributed by atoms with Gasteiger partial charge < -0.3 is 10.2 Å². The highest BCUT2D eigenvalue weighted by Crippen LogP contribution is 2.22. The van der Waals surface area contributed by atoms with Gasteiger partial charge >= 0.3 is 5.97 Å². The number of benzene rings is 2. The van der Waals surface area contributed by atoms with Crippen LogP contribution in [0.25, 0.3) is 21.8 Å². The van der Waals surface area contributed by atoms with Crippen LogP contribution in [0.4, 0.5) is 0 Å². The van der Waals surface area contributed by atoms with Gasteiger partial charge in [-0.1, -0.05) is 35.9 Å². The van der Waals surface area contributed by atoms with Crippen LogP contribution in [0.2, 0.25) is 5.02 Å². The molecule has 7 heteroatoms. The summed E-state index contributed by atoms with van der Waals surface area (Å²) >= 11 is 6.00. The van der Waals surface area contributed by atoms with E-state index in [0.717, 1.165) is 29.1 Å². The molecule has 2 aromatic heterocycles. The van der Waals surface area contributed by atoms with Crippen molar-refractivity contribution < 1.29 is 15.0 Å². The number of hydrogen-bond donors (Lipinski definition) is 2. The summed E-state index contributed by atoms with van der Waals surface area (Å²) in [7, 11) is 1.00. The lowest BCUT2D eigenvalue weighted by Crippen LogP contribution is -2.04. The maximum absolute atomic E-state index is 11.4. The molecule has 0 aliphatic heterocycles. The molecular weight excluding hydrogens is 354 g/mol. The number of carboxylic acids is 1. The molecule has 0 fully saturated rings. The van der Waals surface area contributed by atoms with E-state index in [2.05, 4.69) is 10.1 Å². The number of carboxylic acid groups (broad SMARTS) is 1. The number of aliphatic hydroxyl groups excluding tert-OH is 1. The molecule has 6 nitrogen and oxygen atoms in total. The summed E-state index contributed by atoms with van der Waals surface area (Å²) in [5.41, 5.74) is 2.71. The van der Waals surface area contributed by atoms with E-state index in [9.17, 15) is 9.90 Å². The predicted molar refractivity (Wildman–Crippen MR) is 101 cm³/mol. The molecule has 0 unspecified atom stereocenters. The van der Waals surface area contributed by atoms with Crippen LogP contribution in [-0.2, 0) is 6.54 Å². The highest BCUT2D eigenvalue weighted by molar-refractivity contribution is 6.31. The van der Waals surface area contributed by atoms with Crippen LogP contribution in [0.3, 0.4) is 0 Å². The minimum Gasteiger partial charge on any atom is -0.476 e. The Kier molecular flexibility index (Phi) is 5.16. The van der Waals surface area contributed by atoms with Gasteiger partial charge in [0.15, 0.2) is 5.69 Å². The molecule has 0 atom stereocenters. The second-order valence-corrected chi connectivity index (χ2v) is 5.95. The van der Waals surface area contributed by atoms with Crippen LogP contribution in [0.5, 0.6) is 0 Å². The van der Waals surface area contributed by atoms with Gasteiger partial charge in [-0.2, -0.15) is 5.10 Å². The second kappa shape index (κ2) is 7.51. The Morgan fingerprint density at radius 3 is 2.69 bits per heavy atom. The molecule has 2 N–H and O–H groups in total. The molecule has 4 rings (SSSR count). The van der Waals surface area contributed by atoms with Crippen molar-refractivity contribution in [1.82, 2.24) is 14.8 Å². The van der Waals surface area contributed by atoms with E-state index < -0.39 is 5.97 Å². The minimum absolute atomic E-state index is 0.0658. The average Bonchev–Trinajstić information content (AvgIpc) is 3.02. The number of hydrogen-bond acceptors (Lipinski definition) is 4. The molecule has 2 heterocycles. The van der Waals surface area contributed by atoms with Crippen molar-refractivity contribution in [1.29, 1.82) is 0 Å². The largest absolute Gasteiger partial charge is 0.476 e. The standard InChI is InChI=1S/C18H12ClN3O2.CH4O/c19-13-8-12-7-11(5-6-15(12)20-9-13)10-22-16-4-2-1-3-14(16)17(21-22)18(23)24;1-2/h1-9H,10H2,(H,23,24);2H,1H3. The minimum atomic E-state index is -1.03. The van der Waals surface area contributed by atoms with Gasteiger partial charge in [-0.3, -0.25) is 9.67 Å². The predicted octanol–water partition coefficient (Wildman–Crippen LogP) is 3.59. The van der Waals surface area contributed by atoms with Gasteiger partial charge in [-0.15, -0.1) is 0 Å². The fourth-order valence-electron chi connectivity index (χ4n) is 2.83. The van der Waals surface area contributed by atoms with Gasteiger partial charge in [0, 0.05) is 24.1 Å². The SMILES string of the molecule is CO.O=C(O)c1nn(Cc2ccc3ncc(Cl)cc3c2)c2ccccc12. The van der Waals surface area contributed by atoms with Crippen LogP contribution in [0, 0.1) is 0 Å². The summed E-state index contributed by atoms with van der Waals surface area (Å²) in [6.45, 7) is 0.468. The quantitative estimate of drug-likeness (QED) is 0.576. The molecule has 0 aliphatic carbocycles. The number of aromatic carboxylic acids is 1. The van der Waals surface area contributed by atoms with Crippen molar-refractivity contribution in [3.05, 3.63) is 71.0 Å². The first-order chi connectivity index (χ1) is 12.6. The van der Waals surface area contributed by atoms with Gasteiger partial charge in [-0.05, 0) is 29.8 Å². The van der Waals surface area contributed by atoms with Crippen molar-refractivity contribution in [3.8, 4) is 0 Å². The van der Waals surface area contributed by atoms with E-state index in [0.29, 0.717) is 17.0 Å². The Hall–Kier alpha value is -2.96. The van der Waals surface area contributed by atoms with Crippen molar-refractivity contribution in [2.45, 2.75) is 6.54 Å². The van der Waals surface area contributed by atoms with Crippen LogP contribution >= 0.6 is 11.6 Å². The van der Waals surface area contributed by atoms with Gasteiger partial charge in [0.1, 0.15) is 0 Å². The van der Waals surface area contributed by atoms with Crippen LogP contribution in [0.15, 0.2) is 54.7 Å². The van der Waals surface area contributed by atoms with E-state index in [1.54, 1.807) is 16.9 Å². The summed E-state index contributed by atoms with van der Waals surface area (Å²) in [6.07, 6.45) is 1.61. The lowest BCUT2D eigenvalue weighted by atomic mass is 10.1. The number of aromatic nitrogens is 3. The molecule has 4 aromatic rings. The number of aliphatic hydroxyl groups is 1. The Morgan fingerprint density at radius 2 is 1.92 bits per heavy atom. The van der Waals surface area contributed by atoms with E-state index in [4.69, 9.17) is 16.7 Å². The Balaban J connectivity index is 0.000000948. The topological polar surface area (TPSA) is 88.2 Å². The third-order valence-electron chi connectivity index (χ3n) is 3.91. The van der Waals surface area contributed by atoms with E-state index in [1.165, 1.54) is 0 Å². The molecule has 26 heavy (non-hydrogen) atoms. The summed E-state index contributed by atoms with van der Waals surface area (Å²) < 4.78 is 1.71. The molecule has 0 bridgehead atoms. The third kappa shape index (κ3) is 3.37. The molecule has 0 aliphatic rings. The van der Waals surface area contributed by atoms with E-state index in [1.807, 2.05) is 42.5 Å². The molecule has 0 saturated carbocycles. The van der Waals surface area contributed by atoms with Crippen LogP contribution in [-0.4, -0.2) is 38.1 Å². The van der Waals surface area contributed by atoms with E-state index >= 15 is 0 Å². The maximum atomic E-state index is 11.4. The number of pyridine rings is 1. The number of para-hydroxylation sites is 1. The molecule has 0 spiro atoms. The van der Waals surface area contributed by atoms with Gasteiger partial charge in [0.05, 0.1) is 22.6 Å². The molecule has 132 valence electrons. The lowest BCUT2D eigenvalue weighted by molar-refractivity contribution is 0.0691. The summed E-state index contributed by atoms with van der Waals surface area (Å²) in [5, 5.41) is 22.7. The fourth-order valence-corrected chi connectivity index (χ4v) is 3.00. The normalized spacial score (nSPS) is 10.6. The van der Waals surface area contributed by atoms with Crippen molar-refractivity contribution in [2.75, 3.05) is 7.11 Å². The van der Waals surface area contributed by atoms with Crippen molar-refractivity contribution >= 4 is 39.4 Å². The molecular formula is C19H16ClN3O3. The Labute approximate surface area is 154 Å². The number of rotatable bonds is 3. The highest BCUT2D eigenvalue weighted by Gasteiger charge is 2.15. The van der Waals surface area contributed by atoms with Crippen molar-refractivity contribution in [3.63, 3.8) is 0 Å². The van der Waals surface area contributed by atoms with Crippen LogP contribution in [0.1, 0.15) is 16.1 Å². The number of halogens is 1. The first kappa shape index (κ1) is 17.8. The zero-order valence-electron chi connectivity index (χ0n) is 13.9. The van der Waals surface area contributed by atoms with Gasteiger partial charge in [0.2, 0.25) is 0 Å². The van der Waals surface area contributed by atoms with Gasteiger partial charge in [0.25, 0.3) is 0 Å². The molecule has 0 radical (unpaired) electrons. The zero-order valence-corrected chi connectivity index (χ0v) is 14.7. The first-order valence-corrected chi connectivity index (χ1v) is 8.17. The molecule has 0 amide bonds. The number of carbonyl (C=O) groups is 1. The number of fused-ring (bicyclic) bond motifs is 2. The lowest BCUT2D eigenvalue weighted by Gasteiger charge is -2.06. The zero-order chi connectivity index (χ0) is 18.7. The smallest absolute Gasteiger partial charge is 0.357 e. The maximum Gasteiger partial charge on any atom is 0.357 e. The average molecular weight is 370 g/mol. The fraction of sp³-hybridized carbons (Fsp3) is 0.105. The van der Waals surface area contributed by atoms with Gasteiger partial charge in [-0.25, -0.2) is 4.79 Å². The molecule has 2 aromatic carbocycles. The highest BCUT2D eigenvalue weighted by atomic mass is 35.5. The monoisotopic (exact) mass is 369 g/mol. The summed E-state index contributed by atoms with van der Waals surface area (Å²) in [4.78, 5) is 15.7. The second-order valence-electron chi connectivity index (χ2n) is 5.51. The number of nitrogens with zero attached hydrogens (tertiary/aromatic N) is 3. The van der Waals surface area contributed by atoms with Crippen molar-refractivity contribution in [2.24, 2.45) is 0 Å². The Bertz CT molecular complexity index is 1090. The summed E-state index contributed by atoms with van der Waals surface area (Å²) in [5.74, 6) is -1.03.